The molecule has 12 heteroatoms. The van der Waals surface area contributed by atoms with Crippen LogP contribution in [0.3, 0.4) is 0 Å². The highest BCUT2D eigenvalue weighted by atomic mass is 31.2. The number of carbonyl (C=O) groups is 1. The molecule has 0 bridgehead atoms. The van der Waals surface area contributed by atoms with Gasteiger partial charge in [-0.15, -0.1) is 0 Å². The number of rotatable bonds is 8. The van der Waals surface area contributed by atoms with Crippen LogP contribution in [0.1, 0.15) is 19.8 Å². The predicted octanol–water partition coefficient (Wildman–Crippen LogP) is 4.63. The van der Waals surface area contributed by atoms with Gasteiger partial charge in [0.15, 0.2) is 0 Å². The molecule has 2 unspecified atom stereocenters. The van der Waals surface area contributed by atoms with E-state index in [9.17, 15) is 31.3 Å². The normalized spacial score (nSPS) is 16.5. The maximum Gasteiger partial charge on any atom is 0.513 e. The molecular formula is C18H15F5NO5P. The lowest BCUT2D eigenvalue weighted by Crippen LogP contribution is -2.36. The van der Waals surface area contributed by atoms with E-state index in [0.717, 1.165) is 0 Å². The second-order valence-electron chi connectivity index (χ2n) is 6.38. The van der Waals surface area contributed by atoms with Crippen molar-refractivity contribution < 1.29 is 45.1 Å². The molecule has 0 heterocycles. The third-order valence-electron chi connectivity index (χ3n) is 3.86. The van der Waals surface area contributed by atoms with Crippen LogP contribution in [0.5, 0.6) is 11.5 Å². The van der Waals surface area contributed by atoms with Crippen molar-refractivity contribution in [3.63, 3.8) is 0 Å². The van der Waals surface area contributed by atoms with Gasteiger partial charge in [0.1, 0.15) is 17.9 Å². The van der Waals surface area contributed by atoms with Crippen LogP contribution in [0.4, 0.5) is 22.0 Å². The van der Waals surface area contributed by atoms with E-state index in [2.05, 4.69) is 9.61 Å². The summed E-state index contributed by atoms with van der Waals surface area (Å²) in [5, 5.41) is 2.10. The number of para-hydroxylation sites is 1. The first-order valence-corrected chi connectivity index (χ1v) is 10.2. The van der Waals surface area contributed by atoms with Crippen molar-refractivity contribution in [2.75, 3.05) is 0 Å². The van der Waals surface area contributed by atoms with Gasteiger partial charge < -0.3 is 13.8 Å². The zero-order valence-electron chi connectivity index (χ0n) is 15.3. The minimum absolute atomic E-state index is 0.125. The summed E-state index contributed by atoms with van der Waals surface area (Å²) in [5.41, 5.74) is 0. The van der Waals surface area contributed by atoms with Gasteiger partial charge in [-0.25, -0.2) is 17.7 Å². The molecule has 0 aromatic heterocycles. The Morgan fingerprint density at radius 2 is 1.50 bits per heavy atom. The predicted molar refractivity (Wildman–Crippen MR) is 93.2 cm³/mol. The van der Waals surface area contributed by atoms with Crippen molar-refractivity contribution in [2.45, 2.75) is 31.9 Å². The smallest absolute Gasteiger partial charge is 0.461 e. The molecule has 0 radical (unpaired) electrons. The van der Waals surface area contributed by atoms with Gasteiger partial charge in [0.05, 0.1) is 0 Å². The van der Waals surface area contributed by atoms with Crippen LogP contribution < -0.4 is 14.1 Å². The minimum atomic E-state index is -4.89. The summed E-state index contributed by atoms with van der Waals surface area (Å²) in [6.45, 7) is 1.20. The van der Waals surface area contributed by atoms with Crippen LogP contribution >= 0.6 is 7.75 Å². The molecule has 1 saturated carbocycles. The number of esters is 1. The van der Waals surface area contributed by atoms with Gasteiger partial charge in [-0.05, 0) is 31.9 Å². The second kappa shape index (κ2) is 8.61. The lowest BCUT2D eigenvalue weighted by atomic mass is 10.3. The molecule has 2 aromatic carbocycles. The number of nitrogens with one attached hydrogen (secondary N) is 1. The first kappa shape index (κ1) is 22.0. The van der Waals surface area contributed by atoms with E-state index in [1.54, 1.807) is 6.07 Å². The van der Waals surface area contributed by atoms with E-state index in [1.165, 1.54) is 31.2 Å². The molecule has 0 amide bonds. The monoisotopic (exact) mass is 451 g/mol. The molecule has 3 rings (SSSR count). The Balaban J connectivity index is 1.93. The van der Waals surface area contributed by atoms with Crippen LogP contribution in [0.25, 0.3) is 0 Å². The molecule has 0 saturated heterocycles. The molecule has 30 heavy (non-hydrogen) atoms. The summed E-state index contributed by atoms with van der Waals surface area (Å²) in [7, 11) is -4.89. The van der Waals surface area contributed by atoms with Crippen LogP contribution in [0.15, 0.2) is 30.3 Å². The number of carbonyl (C=O) groups excluding carboxylic acids is 1. The Kier molecular flexibility index (Phi) is 6.33. The van der Waals surface area contributed by atoms with Gasteiger partial charge >= 0.3 is 13.7 Å². The molecular weight excluding hydrogens is 436 g/mol. The first-order valence-electron chi connectivity index (χ1n) is 8.65. The third kappa shape index (κ3) is 4.91. The summed E-state index contributed by atoms with van der Waals surface area (Å²) in [4.78, 5) is 12.0. The fraction of sp³-hybridized carbons (Fsp3) is 0.278. The Morgan fingerprint density at radius 1 is 0.967 bits per heavy atom. The third-order valence-corrected chi connectivity index (χ3v) is 5.44. The van der Waals surface area contributed by atoms with Crippen molar-refractivity contribution in [1.82, 2.24) is 5.09 Å². The zero-order chi connectivity index (χ0) is 22.1. The summed E-state index contributed by atoms with van der Waals surface area (Å²) in [5.74, 6) is -14.5. The highest BCUT2D eigenvalue weighted by Crippen LogP contribution is 2.47. The van der Waals surface area contributed by atoms with Crippen molar-refractivity contribution in [3.8, 4) is 11.5 Å². The zero-order valence-corrected chi connectivity index (χ0v) is 16.2. The molecule has 0 spiro atoms. The van der Waals surface area contributed by atoms with Crippen molar-refractivity contribution >= 4 is 13.7 Å². The fourth-order valence-corrected chi connectivity index (χ4v) is 3.74. The molecule has 2 atom stereocenters. The largest absolute Gasteiger partial charge is 0.513 e. The SMILES string of the molecule is CC(NP(=O)(Oc1ccccc1)Oc1c(F)c(F)c(F)c(F)c1F)C(=O)OC1CC1. The summed E-state index contributed by atoms with van der Waals surface area (Å²) < 4.78 is 96.1. The molecule has 1 N–H and O–H groups in total. The second-order valence-corrected chi connectivity index (χ2v) is 8.00. The van der Waals surface area contributed by atoms with Crippen LogP contribution in [0, 0.1) is 29.1 Å². The standard InChI is InChI=1S/C18H15F5NO5P/c1-9(18(25)27-10-7-8-10)24-30(26,28-11-5-3-2-4-6-11)29-17-15(22)13(20)12(19)14(21)16(17)23/h2-6,9-10H,7-8H2,1H3,(H,24,26). The Labute approximate surface area is 167 Å². The number of ether oxygens (including phenoxy) is 1. The quantitative estimate of drug-likeness (QED) is 0.207. The highest BCUT2D eigenvalue weighted by Gasteiger charge is 2.39. The summed E-state index contributed by atoms with van der Waals surface area (Å²) >= 11 is 0. The van der Waals surface area contributed by atoms with E-state index in [-0.39, 0.29) is 11.9 Å². The van der Waals surface area contributed by atoms with Crippen molar-refractivity contribution in [1.29, 1.82) is 0 Å². The molecule has 1 fully saturated rings. The summed E-state index contributed by atoms with van der Waals surface area (Å²) in [6, 6.07) is 5.73. The van der Waals surface area contributed by atoms with Gasteiger partial charge in [-0.2, -0.15) is 13.9 Å². The topological polar surface area (TPSA) is 73.9 Å². The Hall–Kier alpha value is -2.65. The van der Waals surface area contributed by atoms with Gasteiger partial charge in [-0.3, -0.25) is 4.79 Å². The van der Waals surface area contributed by atoms with E-state index >= 15 is 0 Å². The van der Waals surface area contributed by atoms with Crippen LogP contribution in [-0.4, -0.2) is 18.1 Å². The molecule has 2 aromatic rings. The fourth-order valence-electron chi connectivity index (χ4n) is 2.22. The van der Waals surface area contributed by atoms with E-state index in [1.807, 2.05) is 0 Å². The van der Waals surface area contributed by atoms with Gasteiger partial charge in [0.2, 0.25) is 34.8 Å². The minimum Gasteiger partial charge on any atom is -0.461 e. The maximum absolute atomic E-state index is 14.0. The first-order chi connectivity index (χ1) is 14.1. The Morgan fingerprint density at radius 3 is 2.03 bits per heavy atom. The van der Waals surface area contributed by atoms with Gasteiger partial charge in [-0.1, -0.05) is 18.2 Å². The highest BCUT2D eigenvalue weighted by molar-refractivity contribution is 7.52. The molecule has 1 aliphatic rings. The van der Waals surface area contributed by atoms with Crippen LogP contribution in [0.2, 0.25) is 0 Å². The number of halogens is 5. The molecule has 1 aliphatic carbocycles. The van der Waals surface area contributed by atoms with Crippen molar-refractivity contribution in [3.05, 3.63) is 59.4 Å². The average Bonchev–Trinajstić information content (AvgIpc) is 3.53. The van der Waals surface area contributed by atoms with E-state index in [0.29, 0.717) is 12.8 Å². The molecule has 6 nitrogen and oxygen atoms in total. The molecule has 0 aliphatic heterocycles. The summed E-state index contributed by atoms with van der Waals surface area (Å²) in [6.07, 6.45) is 1.00. The Bertz CT molecular complexity index is 973. The van der Waals surface area contributed by atoms with Crippen molar-refractivity contribution in [2.24, 2.45) is 0 Å². The van der Waals surface area contributed by atoms with E-state index < -0.39 is 54.6 Å². The molecule has 162 valence electrons. The van der Waals surface area contributed by atoms with Gasteiger partial charge in [0.25, 0.3) is 0 Å². The number of hydrogen-bond donors (Lipinski definition) is 1. The van der Waals surface area contributed by atoms with Gasteiger partial charge in [0, 0.05) is 0 Å². The number of hydrogen-bond acceptors (Lipinski definition) is 5. The lowest BCUT2D eigenvalue weighted by Gasteiger charge is -2.23. The van der Waals surface area contributed by atoms with E-state index in [4.69, 9.17) is 9.26 Å². The number of benzene rings is 2. The lowest BCUT2D eigenvalue weighted by molar-refractivity contribution is -0.146. The average molecular weight is 451 g/mol. The maximum atomic E-state index is 14.0. The van der Waals surface area contributed by atoms with Crippen LogP contribution in [-0.2, 0) is 14.1 Å².